The number of halogens is 3. The molecule has 0 aliphatic carbocycles. The number of nitrogens with zero attached hydrogens (tertiary/aromatic N) is 2. The fourth-order valence-corrected chi connectivity index (χ4v) is 3.59. The van der Waals surface area contributed by atoms with Crippen LogP contribution >= 0.6 is 0 Å². The number of ether oxygens (including phenoxy) is 1. The SMILES string of the molecule is N#Cc1ccc(N2CCC(C3CCCO3)CC2)c(C(F)(F)F)c1. The maximum absolute atomic E-state index is 13.3. The van der Waals surface area contributed by atoms with Gasteiger partial charge < -0.3 is 9.64 Å². The molecule has 2 aliphatic rings. The van der Waals surface area contributed by atoms with E-state index in [1.807, 2.05) is 0 Å². The van der Waals surface area contributed by atoms with Gasteiger partial charge in [0.25, 0.3) is 0 Å². The maximum atomic E-state index is 13.3. The van der Waals surface area contributed by atoms with Crippen molar-refractivity contribution >= 4 is 5.69 Å². The van der Waals surface area contributed by atoms with E-state index in [-0.39, 0.29) is 17.4 Å². The summed E-state index contributed by atoms with van der Waals surface area (Å²) >= 11 is 0. The van der Waals surface area contributed by atoms with Gasteiger partial charge in [-0.1, -0.05) is 0 Å². The minimum atomic E-state index is -4.45. The second-order valence-electron chi connectivity index (χ2n) is 6.22. The van der Waals surface area contributed by atoms with E-state index in [0.717, 1.165) is 38.4 Å². The number of hydrogen-bond acceptors (Lipinski definition) is 3. The quantitative estimate of drug-likeness (QED) is 0.826. The van der Waals surface area contributed by atoms with Crippen molar-refractivity contribution < 1.29 is 17.9 Å². The third-order valence-electron chi connectivity index (χ3n) is 4.80. The molecule has 0 spiro atoms. The molecule has 3 nitrogen and oxygen atoms in total. The summed E-state index contributed by atoms with van der Waals surface area (Å²) in [6.45, 7) is 2.00. The lowest BCUT2D eigenvalue weighted by molar-refractivity contribution is -0.137. The molecule has 2 heterocycles. The van der Waals surface area contributed by atoms with Gasteiger partial charge >= 0.3 is 6.18 Å². The van der Waals surface area contributed by atoms with E-state index < -0.39 is 11.7 Å². The van der Waals surface area contributed by atoms with Crippen LogP contribution in [0.3, 0.4) is 0 Å². The van der Waals surface area contributed by atoms with Crippen LogP contribution < -0.4 is 4.90 Å². The Labute approximate surface area is 133 Å². The molecule has 0 amide bonds. The Kier molecular flexibility index (Phi) is 4.49. The van der Waals surface area contributed by atoms with Gasteiger partial charge in [-0.2, -0.15) is 18.4 Å². The third-order valence-corrected chi connectivity index (χ3v) is 4.80. The summed E-state index contributed by atoms with van der Waals surface area (Å²) in [4.78, 5) is 1.79. The molecule has 2 saturated heterocycles. The largest absolute Gasteiger partial charge is 0.418 e. The van der Waals surface area contributed by atoms with Crippen molar-refractivity contribution in [2.45, 2.75) is 38.0 Å². The Morgan fingerprint density at radius 2 is 1.91 bits per heavy atom. The van der Waals surface area contributed by atoms with Crippen molar-refractivity contribution in [3.05, 3.63) is 29.3 Å². The summed E-state index contributed by atoms with van der Waals surface area (Å²) in [6.07, 6.45) is -0.328. The molecule has 0 N–H and O–H groups in total. The fourth-order valence-electron chi connectivity index (χ4n) is 3.59. The highest BCUT2D eigenvalue weighted by molar-refractivity contribution is 5.58. The van der Waals surface area contributed by atoms with Gasteiger partial charge in [-0.05, 0) is 49.8 Å². The molecule has 1 atom stereocenters. The molecule has 3 rings (SSSR count). The lowest BCUT2D eigenvalue weighted by Gasteiger charge is -2.36. The molecule has 1 unspecified atom stereocenters. The zero-order valence-electron chi connectivity index (χ0n) is 12.8. The first kappa shape index (κ1) is 16.1. The van der Waals surface area contributed by atoms with Gasteiger partial charge in [-0.25, -0.2) is 0 Å². The Morgan fingerprint density at radius 1 is 1.17 bits per heavy atom. The molecule has 23 heavy (non-hydrogen) atoms. The predicted molar refractivity (Wildman–Crippen MR) is 80.1 cm³/mol. The van der Waals surface area contributed by atoms with Crippen LogP contribution in [0.25, 0.3) is 0 Å². The van der Waals surface area contributed by atoms with Crippen molar-refractivity contribution in [3.8, 4) is 6.07 Å². The average molecular weight is 324 g/mol. The number of nitriles is 1. The molecule has 2 aliphatic heterocycles. The first-order chi connectivity index (χ1) is 11.0. The van der Waals surface area contributed by atoms with Gasteiger partial charge in [0.1, 0.15) is 0 Å². The normalized spacial score (nSPS) is 23.0. The fraction of sp³-hybridized carbons (Fsp3) is 0.588. The molecular formula is C17H19F3N2O. The van der Waals surface area contributed by atoms with Crippen LogP contribution in [0.5, 0.6) is 0 Å². The molecule has 0 bridgehead atoms. The summed E-state index contributed by atoms with van der Waals surface area (Å²) in [5, 5.41) is 8.84. The van der Waals surface area contributed by atoms with Crippen molar-refractivity contribution in [3.63, 3.8) is 0 Å². The van der Waals surface area contributed by atoms with Crippen LogP contribution in [0.2, 0.25) is 0 Å². The number of benzene rings is 1. The van der Waals surface area contributed by atoms with Gasteiger partial charge in [0.2, 0.25) is 0 Å². The monoisotopic (exact) mass is 324 g/mol. The number of hydrogen-bond donors (Lipinski definition) is 0. The number of alkyl halides is 3. The van der Waals surface area contributed by atoms with Gasteiger partial charge in [-0.3, -0.25) is 0 Å². The lowest BCUT2D eigenvalue weighted by atomic mass is 9.89. The highest BCUT2D eigenvalue weighted by atomic mass is 19.4. The van der Waals surface area contributed by atoms with Gasteiger partial charge in [0.05, 0.1) is 23.3 Å². The summed E-state index contributed by atoms with van der Waals surface area (Å²) in [7, 11) is 0. The first-order valence-corrected chi connectivity index (χ1v) is 7.97. The Morgan fingerprint density at radius 3 is 2.48 bits per heavy atom. The summed E-state index contributed by atoms with van der Waals surface area (Å²) in [5.41, 5.74) is -0.496. The van der Waals surface area contributed by atoms with Crippen LogP contribution in [-0.2, 0) is 10.9 Å². The number of piperidine rings is 1. The van der Waals surface area contributed by atoms with E-state index in [4.69, 9.17) is 10.00 Å². The van der Waals surface area contributed by atoms with Crippen LogP contribution in [0.15, 0.2) is 18.2 Å². The Bertz CT molecular complexity index is 595. The second-order valence-corrected chi connectivity index (χ2v) is 6.22. The minimum Gasteiger partial charge on any atom is -0.378 e. The Balaban J connectivity index is 1.76. The average Bonchev–Trinajstić information content (AvgIpc) is 3.08. The molecule has 1 aromatic carbocycles. The zero-order chi connectivity index (χ0) is 16.4. The molecule has 0 aromatic heterocycles. The highest BCUT2D eigenvalue weighted by Gasteiger charge is 2.37. The van der Waals surface area contributed by atoms with E-state index in [2.05, 4.69) is 0 Å². The van der Waals surface area contributed by atoms with Gasteiger partial charge in [0.15, 0.2) is 0 Å². The molecular weight excluding hydrogens is 305 g/mol. The minimum absolute atomic E-state index is 0.0373. The standard InChI is InChI=1S/C17H19F3N2O/c18-17(19,20)14-10-12(11-21)3-4-15(14)22-7-5-13(6-8-22)16-2-1-9-23-16/h3-4,10,13,16H,1-2,5-9H2. The molecule has 2 fully saturated rings. The van der Waals surface area contributed by atoms with Crippen molar-refractivity contribution in [2.75, 3.05) is 24.6 Å². The molecule has 0 radical (unpaired) electrons. The summed E-state index contributed by atoms with van der Waals surface area (Å²) in [6, 6.07) is 5.60. The molecule has 6 heteroatoms. The zero-order valence-corrected chi connectivity index (χ0v) is 12.8. The molecule has 1 aromatic rings. The molecule has 0 saturated carbocycles. The molecule has 124 valence electrons. The maximum Gasteiger partial charge on any atom is 0.418 e. The highest BCUT2D eigenvalue weighted by Crippen LogP contribution is 2.39. The van der Waals surface area contributed by atoms with Gasteiger partial charge in [-0.15, -0.1) is 0 Å². The number of rotatable bonds is 2. The van der Waals surface area contributed by atoms with Crippen molar-refractivity contribution in [1.29, 1.82) is 5.26 Å². The van der Waals surface area contributed by atoms with Gasteiger partial charge in [0, 0.05) is 25.4 Å². The van der Waals surface area contributed by atoms with Crippen LogP contribution in [-0.4, -0.2) is 25.8 Å². The van der Waals surface area contributed by atoms with Crippen molar-refractivity contribution in [2.24, 2.45) is 5.92 Å². The van der Waals surface area contributed by atoms with E-state index >= 15 is 0 Å². The van der Waals surface area contributed by atoms with E-state index in [1.165, 1.54) is 12.1 Å². The number of anilines is 1. The van der Waals surface area contributed by atoms with Crippen molar-refractivity contribution in [1.82, 2.24) is 0 Å². The topological polar surface area (TPSA) is 36.3 Å². The van der Waals surface area contributed by atoms with Crippen LogP contribution in [0, 0.1) is 17.2 Å². The predicted octanol–water partition coefficient (Wildman–Crippen LogP) is 3.97. The van der Waals surface area contributed by atoms with E-state index in [0.29, 0.717) is 19.0 Å². The van der Waals surface area contributed by atoms with Crippen LogP contribution in [0.1, 0.15) is 36.8 Å². The Hall–Kier alpha value is -1.74. The van der Waals surface area contributed by atoms with E-state index in [9.17, 15) is 13.2 Å². The summed E-state index contributed by atoms with van der Waals surface area (Å²) < 4.78 is 45.6. The first-order valence-electron chi connectivity index (χ1n) is 7.97. The smallest absolute Gasteiger partial charge is 0.378 e. The van der Waals surface area contributed by atoms with Crippen LogP contribution in [0.4, 0.5) is 18.9 Å². The third kappa shape index (κ3) is 3.45. The lowest BCUT2D eigenvalue weighted by Crippen LogP contribution is -2.38. The van der Waals surface area contributed by atoms with E-state index in [1.54, 1.807) is 11.0 Å². The summed E-state index contributed by atoms with van der Waals surface area (Å²) in [5.74, 6) is 0.446. The second kappa shape index (κ2) is 6.40.